The summed E-state index contributed by atoms with van der Waals surface area (Å²) in [5, 5.41) is 6.94. The molecule has 4 rings (SSSR count). The van der Waals surface area contributed by atoms with Crippen molar-refractivity contribution in [2.24, 2.45) is 5.41 Å². The summed E-state index contributed by atoms with van der Waals surface area (Å²) in [5.74, 6) is -0.256. The van der Waals surface area contributed by atoms with E-state index in [0.717, 1.165) is 28.2 Å². The Morgan fingerprint density at radius 3 is 2.23 bits per heavy atom. The maximum absolute atomic E-state index is 13.2. The van der Waals surface area contributed by atoms with Gasteiger partial charge in [-0.25, -0.2) is 0 Å². The number of allylic oxidation sites excluding steroid dienone is 1. The fourth-order valence-electron chi connectivity index (χ4n) is 4.32. The molecule has 1 aliphatic carbocycles. The number of rotatable bonds is 2. The summed E-state index contributed by atoms with van der Waals surface area (Å²) in [6, 6.07) is 9.31. The van der Waals surface area contributed by atoms with Gasteiger partial charge in [-0.1, -0.05) is 26.0 Å². The van der Waals surface area contributed by atoms with Gasteiger partial charge in [0.1, 0.15) is 5.75 Å². The minimum atomic E-state index is -4.75. The molecule has 164 valence electrons. The standard InChI is InChI=1S/C24H25F3N2O2/c1-13-9-17-18(10-14(13)2)29-22(15-5-7-16(8-6-15)31-24(25,26)27)21-19(28-17)11-23(3,4)12-20(21)30/h5-10,22,28-29H,11-12H2,1-4H3/t22-/m1/s1. The van der Waals surface area contributed by atoms with Crippen LogP contribution in [0.2, 0.25) is 0 Å². The third-order valence-electron chi connectivity index (χ3n) is 5.87. The van der Waals surface area contributed by atoms with Crippen molar-refractivity contribution in [1.29, 1.82) is 0 Å². The molecular weight excluding hydrogens is 405 g/mol. The molecule has 0 aromatic heterocycles. The summed E-state index contributed by atoms with van der Waals surface area (Å²) in [6.45, 7) is 8.18. The van der Waals surface area contributed by atoms with Gasteiger partial charge in [0.25, 0.3) is 0 Å². The van der Waals surface area contributed by atoms with E-state index in [1.165, 1.54) is 12.1 Å². The molecule has 0 spiro atoms. The van der Waals surface area contributed by atoms with Gasteiger partial charge in [-0.3, -0.25) is 4.79 Å². The van der Waals surface area contributed by atoms with E-state index in [-0.39, 0.29) is 16.9 Å². The SMILES string of the molecule is Cc1cc2c(cc1C)N[C@H](c1ccc(OC(F)(F)F)cc1)C1=C(CC(C)(C)CC1=O)N2. The van der Waals surface area contributed by atoms with E-state index in [2.05, 4.69) is 35.3 Å². The Bertz CT molecular complexity index is 1070. The topological polar surface area (TPSA) is 50.4 Å². The first kappa shape index (κ1) is 21.3. The summed E-state index contributed by atoms with van der Waals surface area (Å²) in [6.07, 6.45) is -3.63. The number of carbonyl (C=O) groups is 1. The molecular formula is C24H25F3N2O2. The van der Waals surface area contributed by atoms with Crippen LogP contribution in [0.3, 0.4) is 0 Å². The molecule has 1 atom stereocenters. The predicted octanol–water partition coefficient (Wildman–Crippen LogP) is 6.42. The minimum absolute atomic E-state index is 0.0353. The minimum Gasteiger partial charge on any atom is -0.406 e. The van der Waals surface area contributed by atoms with Gasteiger partial charge in [0.05, 0.1) is 17.4 Å². The van der Waals surface area contributed by atoms with E-state index in [1.54, 1.807) is 12.1 Å². The van der Waals surface area contributed by atoms with E-state index in [9.17, 15) is 18.0 Å². The van der Waals surface area contributed by atoms with Crippen LogP contribution in [0.1, 0.15) is 49.4 Å². The van der Waals surface area contributed by atoms with E-state index >= 15 is 0 Å². The average molecular weight is 430 g/mol. The number of carbonyl (C=O) groups excluding carboxylic acids is 1. The van der Waals surface area contributed by atoms with Gasteiger partial charge < -0.3 is 15.4 Å². The molecule has 2 aromatic rings. The average Bonchev–Trinajstić information content (AvgIpc) is 2.77. The summed E-state index contributed by atoms with van der Waals surface area (Å²) in [4.78, 5) is 13.2. The van der Waals surface area contributed by atoms with Crippen molar-refractivity contribution in [3.05, 3.63) is 64.4 Å². The Kier molecular flexibility index (Phi) is 5.03. The normalized spacial score (nSPS) is 20.2. The van der Waals surface area contributed by atoms with Crippen LogP contribution >= 0.6 is 0 Å². The largest absolute Gasteiger partial charge is 0.573 e. The molecule has 0 radical (unpaired) electrons. The molecule has 0 saturated heterocycles. The molecule has 0 fully saturated rings. The number of anilines is 2. The molecule has 1 heterocycles. The first-order chi connectivity index (χ1) is 14.4. The Hall–Kier alpha value is -2.96. The fourth-order valence-corrected chi connectivity index (χ4v) is 4.32. The van der Waals surface area contributed by atoms with Gasteiger partial charge >= 0.3 is 6.36 Å². The highest BCUT2D eigenvalue weighted by molar-refractivity contribution is 6.01. The third-order valence-corrected chi connectivity index (χ3v) is 5.87. The van der Waals surface area contributed by atoms with Gasteiger partial charge in [-0.05, 0) is 66.6 Å². The summed E-state index contributed by atoms with van der Waals surface area (Å²) in [5.41, 5.74) is 5.98. The Morgan fingerprint density at radius 2 is 1.61 bits per heavy atom. The van der Waals surface area contributed by atoms with Crippen LogP contribution in [0.25, 0.3) is 0 Å². The number of Topliss-reactive ketones (excluding diaryl/α,β-unsaturated/α-hetero) is 1. The van der Waals surface area contributed by atoms with Crippen LogP contribution in [0.15, 0.2) is 47.7 Å². The molecule has 0 bridgehead atoms. The number of hydrogen-bond donors (Lipinski definition) is 2. The van der Waals surface area contributed by atoms with Gasteiger partial charge in [0, 0.05) is 17.7 Å². The molecule has 4 nitrogen and oxygen atoms in total. The van der Waals surface area contributed by atoms with Crippen LogP contribution in [-0.2, 0) is 4.79 Å². The predicted molar refractivity (Wildman–Crippen MR) is 114 cm³/mol. The van der Waals surface area contributed by atoms with E-state index in [4.69, 9.17) is 0 Å². The van der Waals surface area contributed by atoms with Crippen molar-refractivity contribution in [1.82, 2.24) is 0 Å². The van der Waals surface area contributed by atoms with Crippen molar-refractivity contribution < 1.29 is 22.7 Å². The fraction of sp³-hybridized carbons (Fsp3) is 0.375. The van der Waals surface area contributed by atoms with Crippen molar-refractivity contribution >= 4 is 17.2 Å². The lowest BCUT2D eigenvalue weighted by molar-refractivity contribution is -0.274. The lowest BCUT2D eigenvalue weighted by Crippen LogP contribution is -2.31. The zero-order valence-electron chi connectivity index (χ0n) is 17.9. The lowest BCUT2D eigenvalue weighted by Gasteiger charge is -2.34. The van der Waals surface area contributed by atoms with E-state index in [1.807, 2.05) is 19.9 Å². The first-order valence-electron chi connectivity index (χ1n) is 10.2. The number of fused-ring (bicyclic) bond motifs is 1. The number of ether oxygens (including phenoxy) is 1. The lowest BCUT2D eigenvalue weighted by atomic mass is 9.73. The molecule has 31 heavy (non-hydrogen) atoms. The molecule has 2 aliphatic rings. The molecule has 1 aliphatic heterocycles. The van der Waals surface area contributed by atoms with Crippen LogP contribution < -0.4 is 15.4 Å². The molecule has 2 N–H and O–H groups in total. The number of halogens is 3. The number of aryl methyl sites for hydroxylation is 2. The zero-order valence-corrected chi connectivity index (χ0v) is 17.9. The number of benzene rings is 2. The van der Waals surface area contributed by atoms with E-state index in [0.29, 0.717) is 24.0 Å². The summed E-state index contributed by atoms with van der Waals surface area (Å²) >= 11 is 0. The number of hydrogen-bond acceptors (Lipinski definition) is 4. The monoisotopic (exact) mass is 430 g/mol. The zero-order chi connectivity index (χ0) is 22.6. The number of alkyl halides is 3. The third kappa shape index (κ3) is 4.40. The van der Waals surface area contributed by atoms with Gasteiger partial charge in [0.15, 0.2) is 5.78 Å². The number of ketones is 1. The maximum Gasteiger partial charge on any atom is 0.573 e. The highest BCUT2D eigenvalue weighted by Crippen LogP contribution is 2.46. The number of nitrogens with one attached hydrogen (secondary N) is 2. The van der Waals surface area contributed by atoms with Crippen molar-refractivity contribution in [2.45, 2.75) is 52.9 Å². The smallest absolute Gasteiger partial charge is 0.406 e. The second-order valence-electron chi connectivity index (χ2n) is 9.13. The van der Waals surface area contributed by atoms with Gasteiger partial charge in [0.2, 0.25) is 0 Å². The molecule has 0 unspecified atom stereocenters. The highest BCUT2D eigenvalue weighted by Gasteiger charge is 2.39. The molecule has 0 saturated carbocycles. The molecule has 0 amide bonds. The maximum atomic E-state index is 13.2. The second kappa shape index (κ2) is 7.32. The van der Waals surface area contributed by atoms with Crippen LogP contribution in [0, 0.1) is 19.3 Å². The van der Waals surface area contributed by atoms with Crippen LogP contribution in [0.5, 0.6) is 5.75 Å². The Balaban J connectivity index is 1.80. The quantitative estimate of drug-likeness (QED) is 0.577. The van der Waals surface area contributed by atoms with E-state index < -0.39 is 12.4 Å². The summed E-state index contributed by atoms with van der Waals surface area (Å²) in [7, 11) is 0. The summed E-state index contributed by atoms with van der Waals surface area (Å²) < 4.78 is 41.6. The molecule has 2 aromatic carbocycles. The van der Waals surface area contributed by atoms with Crippen molar-refractivity contribution in [2.75, 3.05) is 10.6 Å². The highest BCUT2D eigenvalue weighted by atomic mass is 19.4. The second-order valence-corrected chi connectivity index (χ2v) is 9.13. The van der Waals surface area contributed by atoms with Crippen molar-refractivity contribution in [3.8, 4) is 5.75 Å². The Morgan fingerprint density at radius 1 is 1.00 bits per heavy atom. The first-order valence-corrected chi connectivity index (χ1v) is 10.2. The Labute approximate surface area is 179 Å². The van der Waals surface area contributed by atoms with Crippen molar-refractivity contribution in [3.63, 3.8) is 0 Å². The van der Waals surface area contributed by atoms with Gasteiger partial charge in [-0.15, -0.1) is 13.2 Å². The van der Waals surface area contributed by atoms with Crippen LogP contribution in [-0.4, -0.2) is 12.1 Å². The van der Waals surface area contributed by atoms with Gasteiger partial charge in [-0.2, -0.15) is 0 Å². The molecule has 7 heteroatoms. The van der Waals surface area contributed by atoms with Crippen LogP contribution in [0.4, 0.5) is 24.5 Å².